The minimum absolute atomic E-state index is 0.189. The molecule has 1 saturated heterocycles. The third-order valence-corrected chi connectivity index (χ3v) is 4.19. The van der Waals surface area contributed by atoms with Gasteiger partial charge in [0.05, 0.1) is 0 Å². The van der Waals surface area contributed by atoms with E-state index < -0.39 is 0 Å². The number of benzene rings is 2. The van der Waals surface area contributed by atoms with Crippen molar-refractivity contribution < 1.29 is 4.79 Å². The Hall–Kier alpha value is -1.83. The fourth-order valence-electron chi connectivity index (χ4n) is 3.34. The Kier molecular flexibility index (Phi) is 3.47. The molecule has 1 amide bonds. The number of rotatable bonds is 3. The van der Waals surface area contributed by atoms with Gasteiger partial charge in [0.25, 0.3) is 0 Å². The molecule has 0 aromatic heterocycles. The molecule has 104 valence electrons. The van der Waals surface area contributed by atoms with E-state index in [4.69, 9.17) is 0 Å². The summed E-state index contributed by atoms with van der Waals surface area (Å²) in [6.45, 7) is 4.43. The minimum atomic E-state index is 0.189. The molecule has 3 rings (SSSR count). The maximum Gasteiger partial charge on any atom is 0.220 e. The molecule has 1 aliphatic heterocycles. The number of hydrogen-bond donors (Lipinski definition) is 1. The van der Waals surface area contributed by atoms with Crippen molar-refractivity contribution in [3.63, 3.8) is 0 Å². The van der Waals surface area contributed by atoms with Gasteiger partial charge in [0, 0.05) is 18.4 Å². The summed E-state index contributed by atoms with van der Waals surface area (Å²) in [7, 11) is 0. The molecule has 0 saturated carbocycles. The summed E-state index contributed by atoms with van der Waals surface area (Å²) >= 11 is 0. The maximum atomic E-state index is 11.8. The molecule has 0 aliphatic carbocycles. The van der Waals surface area contributed by atoms with Gasteiger partial charge in [0.15, 0.2) is 0 Å². The van der Waals surface area contributed by atoms with Crippen molar-refractivity contribution in [1.29, 1.82) is 0 Å². The Morgan fingerprint density at radius 3 is 2.70 bits per heavy atom. The van der Waals surface area contributed by atoms with Crippen LogP contribution in [0, 0.1) is 5.92 Å². The van der Waals surface area contributed by atoms with E-state index in [0.29, 0.717) is 18.3 Å². The van der Waals surface area contributed by atoms with E-state index in [0.717, 1.165) is 6.42 Å². The molecule has 2 aromatic rings. The van der Waals surface area contributed by atoms with E-state index in [1.807, 2.05) is 0 Å². The molecule has 2 atom stereocenters. The summed E-state index contributed by atoms with van der Waals surface area (Å²) in [5, 5.41) is 5.70. The molecule has 2 nitrogen and oxygen atoms in total. The fourth-order valence-corrected chi connectivity index (χ4v) is 3.34. The van der Waals surface area contributed by atoms with Crippen LogP contribution in [0.3, 0.4) is 0 Å². The van der Waals surface area contributed by atoms with Gasteiger partial charge in [-0.2, -0.15) is 0 Å². The van der Waals surface area contributed by atoms with Crippen molar-refractivity contribution in [3.8, 4) is 0 Å². The van der Waals surface area contributed by atoms with Crippen LogP contribution in [-0.2, 0) is 4.79 Å². The molecule has 20 heavy (non-hydrogen) atoms. The SMILES string of the molecule is CC(C)CC1NC(=O)CC1c1cccc2ccccc12. The van der Waals surface area contributed by atoms with Crippen LogP contribution in [0.5, 0.6) is 0 Å². The highest BCUT2D eigenvalue weighted by molar-refractivity contribution is 5.88. The molecular weight excluding hydrogens is 246 g/mol. The zero-order valence-corrected chi connectivity index (χ0v) is 12.1. The molecule has 1 fully saturated rings. The number of nitrogens with one attached hydrogen (secondary N) is 1. The largest absolute Gasteiger partial charge is 0.353 e. The summed E-state index contributed by atoms with van der Waals surface area (Å²) in [5.74, 6) is 1.08. The highest BCUT2D eigenvalue weighted by Gasteiger charge is 2.34. The average Bonchev–Trinajstić information content (AvgIpc) is 2.78. The lowest BCUT2D eigenvalue weighted by Crippen LogP contribution is -2.29. The van der Waals surface area contributed by atoms with Crippen molar-refractivity contribution in [1.82, 2.24) is 5.32 Å². The Morgan fingerprint density at radius 1 is 1.15 bits per heavy atom. The van der Waals surface area contributed by atoms with E-state index in [1.165, 1.54) is 16.3 Å². The predicted octanol–water partition coefficient (Wildman–Crippen LogP) is 3.86. The van der Waals surface area contributed by atoms with E-state index in [1.54, 1.807) is 0 Å². The first-order valence-electron chi connectivity index (χ1n) is 7.42. The molecule has 1 N–H and O–H groups in total. The fraction of sp³-hybridized carbons (Fsp3) is 0.389. The van der Waals surface area contributed by atoms with Crippen LogP contribution >= 0.6 is 0 Å². The van der Waals surface area contributed by atoms with Gasteiger partial charge < -0.3 is 5.32 Å². The monoisotopic (exact) mass is 267 g/mol. The number of hydrogen-bond acceptors (Lipinski definition) is 1. The lowest BCUT2D eigenvalue weighted by molar-refractivity contribution is -0.119. The van der Waals surface area contributed by atoms with Crippen LogP contribution < -0.4 is 5.32 Å². The van der Waals surface area contributed by atoms with E-state index in [9.17, 15) is 4.79 Å². The number of amides is 1. The molecule has 0 bridgehead atoms. The Morgan fingerprint density at radius 2 is 1.90 bits per heavy atom. The summed E-state index contributed by atoms with van der Waals surface area (Å²) in [6.07, 6.45) is 1.66. The van der Waals surface area contributed by atoms with Crippen LogP contribution in [0.1, 0.15) is 38.2 Å². The normalized spacial score (nSPS) is 22.4. The van der Waals surface area contributed by atoms with Crippen LogP contribution in [0.25, 0.3) is 10.8 Å². The highest BCUT2D eigenvalue weighted by Crippen LogP contribution is 2.35. The molecule has 1 aliphatic rings. The van der Waals surface area contributed by atoms with Gasteiger partial charge in [0.2, 0.25) is 5.91 Å². The second-order valence-electron chi connectivity index (χ2n) is 6.18. The highest BCUT2D eigenvalue weighted by atomic mass is 16.2. The van der Waals surface area contributed by atoms with Crippen LogP contribution in [0.4, 0.5) is 0 Å². The summed E-state index contributed by atoms with van der Waals surface area (Å²) in [5.41, 5.74) is 1.31. The second kappa shape index (κ2) is 5.28. The van der Waals surface area contributed by atoms with Gasteiger partial charge >= 0.3 is 0 Å². The molecule has 0 spiro atoms. The zero-order valence-electron chi connectivity index (χ0n) is 12.1. The van der Waals surface area contributed by atoms with Crippen molar-refractivity contribution >= 4 is 16.7 Å². The average molecular weight is 267 g/mol. The number of carbonyl (C=O) groups is 1. The summed E-state index contributed by atoms with van der Waals surface area (Å²) in [4.78, 5) is 11.8. The molecule has 0 radical (unpaired) electrons. The smallest absolute Gasteiger partial charge is 0.220 e. The molecule has 2 aromatic carbocycles. The minimum Gasteiger partial charge on any atom is -0.353 e. The Labute approximate surface area is 120 Å². The first-order valence-corrected chi connectivity index (χ1v) is 7.42. The predicted molar refractivity (Wildman–Crippen MR) is 82.7 cm³/mol. The number of fused-ring (bicyclic) bond motifs is 1. The molecule has 1 heterocycles. The quantitative estimate of drug-likeness (QED) is 0.899. The summed E-state index contributed by atoms with van der Waals surface area (Å²) in [6, 6.07) is 15.1. The van der Waals surface area contributed by atoms with Gasteiger partial charge in [-0.25, -0.2) is 0 Å². The topological polar surface area (TPSA) is 29.1 Å². The van der Waals surface area contributed by atoms with Crippen LogP contribution in [0.15, 0.2) is 42.5 Å². The van der Waals surface area contributed by atoms with Crippen LogP contribution in [-0.4, -0.2) is 11.9 Å². The Bertz CT molecular complexity index is 627. The Balaban J connectivity index is 2.02. The molecule has 2 heteroatoms. The first-order chi connectivity index (χ1) is 9.65. The molecule has 2 unspecified atom stereocenters. The third-order valence-electron chi connectivity index (χ3n) is 4.19. The van der Waals surface area contributed by atoms with Crippen molar-refractivity contribution in [2.24, 2.45) is 5.92 Å². The van der Waals surface area contributed by atoms with Gasteiger partial charge in [-0.05, 0) is 28.7 Å². The lowest BCUT2D eigenvalue weighted by Gasteiger charge is -2.22. The first kappa shape index (κ1) is 13.2. The van der Waals surface area contributed by atoms with Crippen molar-refractivity contribution in [2.75, 3.05) is 0 Å². The molecular formula is C18H21NO. The second-order valence-corrected chi connectivity index (χ2v) is 6.18. The van der Waals surface area contributed by atoms with Crippen LogP contribution in [0.2, 0.25) is 0 Å². The maximum absolute atomic E-state index is 11.8. The zero-order chi connectivity index (χ0) is 14.1. The summed E-state index contributed by atoms with van der Waals surface area (Å²) < 4.78 is 0. The van der Waals surface area contributed by atoms with E-state index in [-0.39, 0.29) is 11.9 Å². The van der Waals surface area contributed by atoms with Gasteiger partial charge in [-0.15, -0.1) is 0 Å². The third kappa shape index (κ3) is 2.43. The van der Waals surface area contributed by atoms with Crippen molar-refractivity contribution in [2.45, 2.75) is 38.6 Å². The van der Waals surface area contributed by atoms with Gasteiger partial charge in [-0.1, -0.05) is 56.3 Å². The van der Waals surface area contributed by atoms with Crippen molar-refractivity contribution in [3.05, 3.63) is 48.0 Å². The van der Waals surface area contributed by atoms with Gasteiger partial charge in [0.1, 0.15) is 0 Å². The standard InChI is InChI=1S/C18H21NO/c1-12(2)10-17-16(11-18(20)19-17)15-9-5-7-13-6-3-4-8-14(13)15/h3-9,12,16-17H,10-11H2,1-2H3,(H,19,20). The van der Waals surface area contributed by atoms with E-state index in [2.05, 4.69) is 61.6 Å². The van der Waals surface area contributed by atoms with E-state index >= 15 is 0 Å². The van der Waals surface area contributed by atoms with Gasteiger partial charge in [-0.3, -0.25) is 4.79 Å². The lowest BCUT2D eigenvalue weighted by atomic mass is 9.85. The number of carbonyl (C=O) groups excluding carboxylic acids is 1.